The van der Waals surface area contributed by atoms with Crippen LogP contribution in [0.25, 0.3) is 0 Å². The maximum absolute atomic E-state index is 12.5. The molecule has 8 nitrogen and oxygen atoms in total. The zero-order chi connectivity index (χ0) is 25.8. The largest absolute Gasteiger partial charge is 0.383 e. The average Bonchev–Trinajstić information content (AvgIpc) is 2.83. The van der Waals surface area contributed by atoms with E-state index >= 15 is 0 Å². The van der Waals surface area contributed by atoms with E-state index in [1.807, 2.05) is 0 Å². The zero-order valence-corrected chi connectivity index (χ0v) is 23.6. The van der Waals surface area contributed by atoms with Crippen molar-refractivity contribution in [3.63, 3.8) is 0 Å². The van der Waals surface area contributed by atoms with E-state index in [0.29, 0.717) is 30.6 Å². The van der Waals surface area contributed by atoms with Crippen LogP contribution in [0.2, 0.25) is 0 Å². The topological polar surface area (TPSA) is 66.5 Å². The lowest BCUT2D eigenvalue weighted by Gasteiger charge is -2.41. The van der Waals surface area contributed by atoms with E-state index in [2.05, 4.69) is 40.8 Å². The summed E-state index contributed by atoms with van der Waals surface area (Å²) < 4.78 is 17.3. The van der Waals surface area contributed by atoms with Gasteiger partial charge in [-0.1, -0.05) is 20.8 Å². The van der Waals surface area contributed by atoms with Crippen LogP contribution in [0.15, 0.2) is 0 Å². The molecule has 0 spiro atoms. The van der Waals surface area contributed by atoms with Crippen molar-refractivity contribution in [2.75, 3.05) is 85.8 Å². The summed E-state index contributed by atoms with van der Waals surface area (Å²) in [5.41, 5.74) is 0. The molecule has 0 aromatic heterocycles. The number of carbonyl (C=O) groups excluding carboxylic acids is 1. The molecule has 210 valence electrons. The molecule has 1 saturated carbocycles. The van der Waals surface area contributed by atoms with Gasteiger partial charge in [0.1, 0.15) is 0 Å². The van der Waals surface area contributed by atoms with Crippen molar-refractivity contribution in [2.24, 2.45) is 11.8 Å². The van der Waals surface area contributed by atoms with Gasteiger partial charge in [0.2, 0.25) is 5.91 Å². The number of ether oxygens (including phenoxy) is 3. The van der Waals surface area contributed by atoms with Crippen LogP contribution in [0.1, 0.15) is 59.3 Å². The quantitative estimate of drug-likeness (QED) is 0.320. The smallest absolute Gasteiger partial charge is 0.234 e. The Morgan fingerprint density at radius 1 is 0.917 bits per heavy atom. The highest BCUT2D eigenvalue weighted by Gasteiger charge is 2.34. The molecule has 0 aromatic rings. The van der Waals surface area contributed by atoms with E-state index in [4.69, 9.17) is 14.2 Å². The Bertz CT molecular complexity index is 602. The van der Waals surface area contributed by atoms with E-state index in [1.165, 1.54) is 13.0 Å². The monoisotopic (exact) mass is 510 g/mol. The van der Waals surface area contributed by atoms with Crippen LogP contribution in [0, 0.1) is 11.8 Å². The van der Waals surface area contributed by atoms with Gasteiger partial charge in [-0.2, -0.15) is 0 Å². The molecule has 1 N–H and O–H groups in total. The van der Waals surface area contributed by atoms with Crippen LogP contribution in [-0.4, -0.2) is 125 Å². The summed E-state index contributed by atoms with van der Waals surface area (Å²) in [5, 5.41) is 3.23. The Hall–Kier alpha value is -0.770. The number of piperazine rings is 1. The number of hydrogen-bond donors (Lipinski definition) is 1. The molecule has 1 aliphatic carbocycles. The minimum atomic E-state index is 0.164. The van der Waals surface area contributed by atoms with Crippen LogP contribution < -0.4 is 5.32 Å². The Balaban J connectivity index is 1.20. The predicted octanol–water partition coefficient (Wildman–Crippen LogP) is 2.47. The summed E-state index contributed by atoms with van der Waals surface area (Å²) in [7, 11) is 1.75. The predicted molar refractivity (Wildman–Crippen MR) is 144 cm³/mol. The van der Waals surface area contributed by atoms with Gasteiger partial charge >= 0.3 is 0 Å². The van der Waals surface area contributed by atoms with Gasteiger partial charge in [-0.3, -0.25) is 14.6 Å². The molecule has 3 aliphatic rings. The number of amides is 1. The number of nitrogens with one attached hydrogen (secondary N) is 1. The third-order valence-electron chi connectivity index (χ3n) is 7.95. The van der Waals surface area contributed by atoms with Gasteiger partial charge < -0.3 is 24.4 Å². The lowest BCUT2D eigenvalue weighted by atomic mass is 9.88. The maximum Gasteiger partial charge on any atom is 0.234 e. The van der Waals surface area contributed by atoms with Crippen molar-refractivity contribution in [3.8, 4) is 0 Å². The summed E-state index contributed by atoms with van der Waals surface area (Å²) in [6, 6.07) is 0.287. The first kappa shape index (κ1) is 29.8. The minimum absolute atomic E-state index is 0.164. The van der Waals surface area contributed by atoms with Gasteiger partial charge in [0, 0.05) is 78.7 Å². The van der Waals surface area contributed by atoms with Gasteiger partial charge in [-0.25, -0.2) is 0 Å². The Kier molecular flexibility index (Phi) is 13.4. The molecule has 3 fully saturated rings. The molecule has 0 bridgehead atoms. The summed E-state index contributed by atoms with van der Waals surface area (Å²) >= 11 is 0. The van der Waals surface area contributed by atoms with Gasteiger partial charge in [-0.15, -0.1) is 0 Å². The molecule has 8 heteroatoms. The summed E-state index contributed by atoms with van der Waals surface area (Å²) in [5.74, 6) is 1.51. The van der Waals surface area contributed by atoms with Gasteiger partial charge in [0.25, 0.3) is 0 Å². The highest BCUT2D eigenvalue weighted by Crippen LogP contribution is 2.28. The first-order valence-corrected chi connectivity index (χ1v) is 14.6. The average molecular weight is 511 g/mol. The van der Waals surface area contributed by atoms with E-state index in [9.17, 15) is 4.79 Å². The number of methoxy groups -OCH3 is 1. The fourth-order valence-corrected chi connectivity index (χ4v) is 5.86. The molecule has 1 amide bonds. The van der Waals surface area contributed by atoms with Crippen LogP contribution in [0.5, 0.6) is 0 Å². The van der Waals surface area contributed by atoms with Crippen LogP contribution in [0.3, 0.4) is 0 Å². The minimum Gasteiger partial charge on any atom is -0.383 e. The molecule has 2 aliphatic heterocycles. The maximum atomic E-state index is 12.5. The standard InChI is InChI=1S/C28H54N4O4/c1-5-15-35-22-24(3)17-23(2)20-31-8-6-26(7-9-31)36-27-18-25(19-27)29-28(33)21-32-12-10-30(11-13-32)14-16-34-4/h23-27H,5-22H2,1-4H3,(H,29,33). The molecule has 0 aromatic carbocycles. The summed E-state index contributed by atoms with van der Waals surface area (Å²) in [6.07, 6.45) is 7.23. The summed E-state index contributed by atoms with van der Waals surface area (Å²) in [4.78, 5) is 19.8. The lowest BCUT2D eigenvalue weighted by molar-refractivity contribution is -0.127. The molecule has 36 heavy (non-hydrogen) atoms. The first-order chi connectivity index (χ1) is 17.4. The third-order valence-corrected chi connectivity index (χ3v) is 7.95. The van der Waals surface area contributed by atoms with E-state index in [0.717, 1.165) is 97.7 Å². The van der Waals surface area contributed by atoms with Crippen LogP contribution in [-0.2, 0) is 19.0 Å². The van der Waals surface area contributed by atoms with Crippen molar-refractivity contribution in [2.45, 2.75) is 77.5 Å². The Labute approximate surface area is 220 Å². The van der Waals surface area contributed by atoms with Crippen molar-refractivity contribution in [1.82, 2.24) is 20.0 Å². The second-order valence-electron chi connectivity index (χ2n) is 11.6. The molecule has 3 rings (SSSR count). The fraction of sp³-hybridized carbons (Fsp3) is 0.964. The second kappa shape index (κ2) is 16.2. The van der Waals surface area contributed by atoms with Crippen LogP contribution in [0.4, 0.5) is 0 Å². The second-order valence-corrected chi connectivity index (χ2v) is 11.6. The molecule has 2 saturated heterocycles. The fourth-order valence-electron chi connectivity index (χ4n) is 5.86. The van der Waals surface area contributed by atoms with Crippen LogP contribution >= 0.6 is 0 Å². The van der Waals surface area contributed by atoms with Crippen molar-refractivity contribution in [3.05, 3.63) is 0 Å². The van der Waals surface area contributed by atoms with E-state index < -0.39 is 0 Å². The number of piperidine rings is 1. The number of nitrogens with zero attached hydrogens (tertiary/aromatic N) is 3. The Morgan fingerprint density at radius 2 is 1.61 bits per heavy atom. The number of likely N-dealkylation sites (tertiary alicyclic amines) is 1. The molecular formula is C28H54N4O4. The van der Waals surface area contributed by atoms with Crippen molar-refractivity contribution in [1.29, 1.82) is 0 Å². The summed E-state index contributed by atoms with van der Waals surface area (Å²) in [6.45, 7) is 18.3. The van der Waals surface area contributed by atoms with Crippen molar-refractivity contribution < 1.29 is 19.0 Å². The van der Waals surface area contributed by atoms with Gasteiger partial charge in [0.15, 0.2) is 0 Å². The SMILES string of the molecule is CCCOCC(C)CC(C)CN1CCC(OC2CC(NC(=O)CN3CCN(CCOC)CC3)C2)CC1. The number of hydrogen-bond acceptors (Lipinski definition) is 7. The number of rotatable bonds is 16. The van der Waals surface area contributed by atoms with Crippen molar-refractivity contribution >= 4 is 5.91 Å². The first-order valence-electron chi connectivity index (χ1n) is 14.6. The highest BCUT2D eigenvalue weighted by molar-refractivity contribution is 5.78. The van der Waals surface area contributed by atoms with Gasteiger partial charge in [0.05, 0.1) is 25.4 Å². The van der Waals surface area contributed by atoms with Gasteiger partial charge in [-0.05, 0) is 50.4 Å². The third kappa shape index (κ3) is 10.9. The van der Waals surface area contributed by atoms with E-state index in [1.54, 1.807) is 7.11 Å². The lowest BCUT2D eigenvalue weighted by Crippen LogP contribution is -2.54. The molecule has 2 heterocycles. The molecule has 2 atom stereocenters. The molecule has 0 radical (unpaired) electrons. The molecule has 2 unspecified atom stereocenters. The Morgan fingerprint density at radius 3 is 2.28 bits per heavy atom. The normalized spacial score (nSPS) is 26.4. The molecular weight excluding hydrogens is 456 g/mol. The van der Waals surface area contributed by atoms with E-state index in [-0.39, 0.29) is 11.9 Å². The highest BCUT2D eigenvalue weighted by atomic mass is 16.5. The number of carbonyl (C=O) groups is 1. The zero-order valence-electron chi connectivity index (χ0n) is 23.6.